The van der Waals surface area contributed by atoms with Crippen molar-refractivity contribution in [1.82, 2.24) is 5.32 Å². The second-order valence-electron chi connectivity index (χ2n) is 4.64. The summed E-state index contributed by atoms with van der Waals surface area (Å²) in [6.07, 6.45) is 1.99. The van der Waals surface area contributed by atoms with Crippen LogP contribution in [-0.4, -0.2) is 28.1 Å². The van der Waals surface area contributed by atoms with Gasteiger partial charge in [0.1, 0.15) is 0 Å². The van der Waals surface area contributed by atoms with E-state index in [1.54, 1.807) is 0 Å². The summed E-state index contributed by atoms with van der Waals surface area (Å²) < 4.78 is 41.2. The van der Waals surface area contributed by atoms with Gasteiger partial charge in [-0.3, -0.25) is 0 Å². The van der Waals surface area contributed by atoms with Gasteiger partial charge in [0.2, 0.25) is 10.0 Å². The van der Waals surface area contributed by atoms with Crippen LogP contribution in [0, 0.1) is 11.7 Å². The second-order valence-corrected chi connectivity index (χ2v) is 6.20. The number of benzene rings is 1. The number of ether oxygens (including phenoxy) is 1. The van der Waals surface area contributed by atoms with Gasteiger partial charge in [-0.05, 0) is 50.0 Å². The Labute approximate surface area is 112 Å². The normalized spacial score (nSPS) is 17.4. The number of nitrogens with one attached hydrogen (secondary N) is 1. The van der Waals surface area contributed by atoms with Crippen LogP contribution in [0.15, 0.2) is 23.1 Å². The van der Waals surface area contributed by atoms with Gasteiger partial charge in [-0.2, -0.15) is 0 Å². The molecule has 3 N–H and O–H groups in total. The zero-order valence-corrected chi connectivity index (χ0v) is 11.2. The summed E-state index contributed by atoms with van der Waals surface area (Å²) in [5.74, 6) is -0.245. The van der Waals surface area contributed by atoms with Crippen LogP contribution in [0.2, 0.25) is 0 Å². The van der Waals surface area contributed by atoms with E-state index >= 15 is 0 Å². The number of nitrogens with two attached hydrogens (primary N) is 1. The Balaban J connectivity index is 2.01. The van der Waals surface area contributed by atoms with Crippen LogP contribution in [-0.2, 0) is 10.0 Å². The summed E-state index contributed by atoms with van der Waals surface area (Å²) in [7, 11) is -3.88. The summed E-state index contributed by atoms with van der Waals surface area (Å²) in [6.45, 7) is 2.33. The van der Waals surface area contributed by atoms with Crippen LogP contribution in [0.4, 0.5) is 4.39 Å². The fraction of sp³-hybridized carbons (Fsp3) is 0.500. The van der Waals surface area contributed by atoms with Crippen LogP contribution in [0.1, 0.15) is 12.8 Å². The molecular formula is C12H17FN2O3S. The van der Waals surface area contributed by atoms with E-state index in [-0.39, 0.29) is 10.6 Å². The SMILES string of the molecule is NS(=O)(=O)c1ccc(OCC2CCNCC2)c(F)c1. The molecule has 5 nitrogen and oxygen atoms in total. The van der Waals surface area contributed by atoms with Gasteiger partial charge >= 0.3 is 0 Å². The number of sulfonamides is 1. The molecule has 0 spiro atoms. The topological polar surface area (TPSA) is 81.4 Å². The summed E-state index contributed by atoms with van der Waals surface area (Å²) in [6, 6.07) is 3.43. The molecule has 1 fully saturated rings. The highest BCUT2D eigenvalue weighted by atomic mass is 32.2. The van der Waals surface area contributed by atoms with Crippen LogP contribution in [0.3, 0.4) is 0 Å². The Morgan fingerprint density at radius 3 is 2.63 bits per heavy atom. The first-order valence-electron chi connectivity index (χ1n) is 6.12. The summed E-state index contributed by atoms with van der Waals surface area (Å²) in [5, 5.41) is 8.16. The molecule has 0 atom stereocenters. The monoisotopic (exact) mass is 288 g/mol. The number of primary sulfonamides is 1. The summed E-state index contributed by atoms with van der Waals surface area (Å²) in [5.41, 5.74) is 0. The molecule has 1 aliphatic heterocycles. The van der Waals surface area contributed by atoms with Crippen molar-refractivity contribution in [1.29, 1.82) is 0 Å². The molecule has 0 saturated carbocycles. The zero-order valence-electron chi connectivity index (χ0n) is 10.4. The van der Waals surface area contributed by atoms with Crippen molar-refractivity contribution in [2.24, 2.45) is 11.1 Å². The molecule has 106 valence electrons. The molecule has 0 radical (unpaired) electrons. The fourth-order valence-corrected chi connectivity index (χ4v) is 2.56. The highest BCUT2D eigenvalue weighted by Crippen LogP contribution is 2.22. The van der Waals surface area contributed by atoms with E-state index in [1.807, 2.05) is 0 Å². The van der Waals surface area contributed by atoms with Gasteiger partial charge in [-0.25, -0.2) is 17.9 Å². The molecule has 1 saturated heterocycles. The number of hydrogen-bond acceptors (Lipinski definition) is 4. The van der Waals surface area contributed by atoms with E-state index in [9.17, 15) is 12.8 Å². The average molecular weight is 288 g/mol. The predicted octanol–water partition coefficient (Wildman–Crippen LogP) is 0.851. The van der Waals surface area contributed by atoms with Gasteiger partial charge in [-0.15, -0.1) is 0 Å². The predicted molar refractivity (Wildman–Crippen MR) is 68.9 cm³/mol. The van der Waals surface area contributed by atoms with Gasteiger partial charge in [0.25, 0.3) is 0 Å². The maximum absolute atomic E-state index is 13.7. The standard InChI is InChI=1S/C12H17FN2O3S/c13-11-7-10(19(14,16)17)1-2-12(11)18-8-9-3-5-15-6-4-9/h1-2,7,9,15H,3-6,8H2,(H2,14,16,17). The summed E-state index contributed by atoms with van der Waals surface area (Å²) in [4.78, 5) is -0.251. The Morgan fingerprint density at radius 2 is 2.05 bits per heavy atom. The molecule has 7 heteroatoms. The molecule has 19 heavy (non-hydrogen) atoms. The lowest BCUT2D eigenvalue weighted by atomic mass is 9.99. The van der Waals surface area contributed by atoms with E-state index in [1.165, 1.54) is 12.1 Å². The van der Waals surface area contributed by atoms with Crippen LogP contribution < -0.4 is 15.2 Å². The Hall–Kier alpha value is -1.18. The van der Waals surface area contributed by atoms with E-state index in [2.05, 4.69) is 5.32 Å². The molecule has 0 bridgehead atoms. The first-order chi connectivity index (χ1) is 8.97. The van der Waals surface area contributed by atoms with Crippen molar-refractivity contribution >= 4 is 10.0 Å². The Bertz CT molecular complexity index is 542. The second kappa shape index (κ2) is 5.85. The van der Waals surface area contributed by atoms with Crippen molar-refractivity contribution in [2.75, 3.05) is 19.7 Å². The lowest BCUT2D eigenvalue weighted by Crippen LogP contribution is -2.30. The molecule has 0 amide bonds. The van der Waals surface area contributed by atoms with Gasteiger partial charge < -0.3 is 10.1 Å². The molecule has 0 aliphatic carbocycles. The summed E-state index contributed by atoms with van der Waals surface area (Å²) >= 11 is 0. The first kappa shape index (κ1) is 14.2. The van der Waals surface area contributed by atoms with Crippen molar-refractivity contribution < 1.29 is 17.5 Å². The molecule has 1 aromatic carbocycles. The van der Waals surface area contributed by atoms with Gasteiger partial charge in [0.15, 0.2) is 11.6 Å². The quantitative estimate of drug-likeness (QED) is 0.860. The van der Waals surface area contributed by atoms with Gasteiger partial charge in [0.05, 0.1) is 11.5 Å². The first-order valence-corrected chi connectivity index (χ1v) is 7.67. The zero-order chi connectivity index (χ0) is 13.9. The van der Waals surface area contributed by atoms with Crippen molar-refractivity contribution in [3.8, 4) is 5.75 Å². The molecule has 1 aliphatic rings. The largest absolute Gasteiger partial charge is 0.490 e. The lowest BCUT2D eigenvalue weighted by molar-refractivity contribution is 0.208. The lowest BCUT2D eigenvalue weighted by Gasteiger charge is -2.22. The molecule has 0 unspecified atom stereocenters. The third kappa shape index (κ3) is 3.89. The third-order valence-corrected chi connectivity index (χ3v) is 4.08. The van der Waals surface area contributed by atoms with E-state index in [0.717, 1.165) is 32.0 Å². The smallest absolute Gasteiger partial charge is 0.238 e. The maximum atomic E-state index is 13.7. The average Bonchev–Trinajstić information content (AvgIpc) is 2.37. The van der Waals surface area contributed by atoms with Crippen molar-refractivity contribution in [3.05, 3.63) is 24.0 Å². The number of rotatable bonds is 4. The van der Waals surface area contributed by atoms with Crippen LogP contribution in [0.5, 0.6) is 5.75 Å². The number of halogens is 1. The molecule has 1 aromatic rings. The molecule has 1 heterocycles. The van der Waals surface area contributed by atoms with Crippen LogP contribution >= 0.6 is 0 Å². The van der Waals surface area contributed by atoms with Crippen molar-refractivity contribution in [3.63, 3.8) is 0 Å². The Morgan fingerprint density at radius 1 is 1.37 bits per heavy atom. The fourth-order valence-electron chi connectivity index (χ4n) is 2.03. The van der Waals surface area contributed by atoms with Gasteiger partial charge in [-0.1, -0.05) is 0 Å². The van der Waals surface area contributed by atoms with E-state index in [0.29, 0.717) is 12.5 Å². The van der Waals surface area contributed by atoms with Gasteiger partial charge in [0, 0.05) is 0 Å². The number of hydrogen-bond donors (Lipinski definition) is 2. The molecular weight excluding hydrogens is 271 g/mol. The molecule has 0 aromatic heterocycles. The molecule has 2 rings (SSSR count). The third-order valence-electron chi connectivity index (χ3n) is 3.17. The highest BCUT2D eigenvalue weighted by Gasteiger charge is 2.16. The minimum Gasteiger partial charge on any atom is -0.490 e. The van der Waals surface area contributed by atoms with E-state index in [4.69, 9.17) is 9.88 Å². The minimum atomic E-state index is -3.88. The number of piperidine rings is 1. The van der Waals surface area contributed by atoms with Crippen molar-refractivity contribution in [2.45, 2.75) is 17.7 Å². The highest BCUT2D eigenvalue weighted by molar-refractivity contribution is 7.89. The minimum absolute atomic E-state index is 0.0610. The van der Waals surface area contributed by atoms with E-state index < -0.39 is 15.8 Å². The maximum Gasteiger partial charge on any atom is 0.238 e. The Kier molecular flexibility index (Phi) is 4.38. The van der Waals surface area contributed by atoms with Crippen LogP contribution in [0.25, 0.3) is 0 Å².